The van der Waals surface area contributed by atoms with Crippen molar-refractivity contribution in [3.05, 3.63) is 53.6 Å². The van der Waals surface area contributed by atoms with Gasteiger partial charge in [-0.05, 0) is 30.7 Å². The van der Waals surface area contributed by atoms with Crippen molar-refractivity contribution < 1.29 is 4.74 Å². The number of hydrogen-bond donors (Lipinski definition) is 0. The molecule has 2 aromatic rings. The molecule has 0 spiro atoms. The van der Waals surface area contributed by atoms with Crippen LogP contribution in [0.25, 0.3) is 0 Å². The van der Waals surface area contributed by atoms with Crippen molar-refractivity contribution in [1.82, 2.24) is 0 Å². The lowest BCUT2D eigenvalue weighted by Crippen LogP contribution is -1.90. The molecule has 0 amide bonds. The van der Waals surface area contributed by atoms with Gasteiger partial charge in [0.1, 0.15) is 11.4 Å². The lowest BCUT2D eigenvalue weighted by atomic mass is 10.1. The highest BCUT2D eigenvalue weighted by atomic mass is 16.5. The van der Waals surface area contributed by atoms with Crippen molar-refractivity contribution in [3.8, 4) is 11.5 Å². The van der Waals surface area contributed by atoms with Crippen LogP contribution < -0.4 is 4.74 Å². The van der Waals surface area contributed by atoms with Crippen molar-refractivity contribution in [3.63, 3.8) is 0 Å². The topological polar surface area (TPSA) is 21.6 Å². The van der Waals surface area contributed by atoms with Crippen molar-refractivity contribution in [2.45, 2.75) is 6.92 Å². The number of nitrogens with zero attached hydrogens (tertiary/aromatic N) is 1. The monoisotopic (exact) mass is 209 g/mol. The fourth-order valence-electron chi connectivity index (χ4n) is 1.82. The lowest BCUT2D eigenvalue weighted by Gasteiger charge is -2.09. The minimum Gasteiger partial charge on any atom is -0.454 e. The second-order valence-electron chi connectivity index (χ2n) is 3.82. The van der Waals surface area contributed by atoms with Crippen LogP contribution in [0.15, 0.2) is 47.5 Å². The molecule has 0 N–H and O–H groups in total. The van der Waals surface area contributed by atoms with Gasteiger partial charge in [-0.1, -0.05) is 24.3 Å². The first-order valence-electron chi connectivity index (χ1n) is 5.25. The Bertz CT molecular complexity index is 573. The number of fused-ring (bicyclic) bond motifs is 2. The first-order valence-corrected chi connectivity index (χ1v) is 5.25. The van der Waals surface area contributed by atoms with Crippen molar-refractivity contribution in [2.24, 2.45) is 4.99 Å². The molecular formula is C14H11NO. The molecule has 0 saturated carbocycles. The average molecular weight is 209 g/mol. The Balaban J connectivity index is 2.22. The number of ether oxygens (including phenoxy) is 1. The Morgan fingerprint density at radius 2 is 1.88 bits per heavy atom. The van der Waals surface area contributed by atoms with E-state index < -0.39 is 0 Å². The van der Waals surface area contributed by atoms with Crippen LogP contribution in [0.1, 0.15) is 11.1 Å². The summed E-state index contributed by atoms with van der Waals surface area (Å²) in [6.07, 6.45) is 1.86. The Labute approximate surface area is 94.2 Å². The van der Waals surface area contributed by atoms with E-state index in [4.69, 9.17) is 4.74 Å². The summed E-state index contributed by atoms with van der Waals surface area (Å²) in [6.45, 7) is 2.04. The van der Waals surface area contributed by atoms with Gasteiger partial charge in [0.2, 0.25) is 0 Å². The molecule has 1 aliphatic rings. The molecule has 0 aliphatic carbocycles. The molecule has 1 heterocycles. The molecule has 78 valence electrons. The summed E-state index contributed by atoms with van der Waals surface area (Å²) in [4.78, 5) is 4.42. The number of rotatable bonds is 0. The summed E-state index contributed by atoms with van der Waals surface area (Å²) in [7, 11) is 0. The van der Waals surface area contributed by atoms with Crippen LogP contribution in [-0.2, 0) is 0 Å². The first kappa shape index (κ1) is 9.16. The molecule has 2 aromatic carbocycles. The molecule has 0 radical (unpaired) electrons. The molecule has 0 fully saturated rings. The molecule has 16 heavy (non-hydrogen) atoms. The van der Waals surface area contributed by atoms with E-state index in [1.807, 2.05) is 55.6 Å². The fourth-order valence-corrected chi connectivity index (χ4v) is 1.82. The maximum atomic E-state index is 5.91. The smallest absolute Gasteiger partial charge is 0.153 e. The summed E-state index contributed by atoms with van der Waals surface area (Å²) >= 11 is 0. The van der Waals surface area contributed by atoms with E-state index in [1.54, 1.807) is 0 Å². The molecule has 1 aliphatic heterocycles. The van der Waals surface area contributed by atoms with Crippen molar-refractivity contribution in [2.75, 3.05) is 0 Å². The van der Waals surface area contributed by atoms with Gasteiger partial charge in [0, 0.05) is 11.8 Å². The van der Waals surface area contributed by atoms with Crippen LogP contribution in [0.3, 0.4) is 0 Å². The lowest BCUT2D eigenvalue weighted by molar-refractivity contribution is 0.481. The van der Waals surface area contributed by atoms with E-state index >= 15 is 0 Å². The second kappa shape index (κ2) is 3.49. The molecule has 0 aromatic heterocycles. The van der Waals surface area contributed by atoms with Gasteiger partial charge in [-0.2, -0.15) is 0 Å². The summed E-state index contributed by atoms with van der Waals surface area (Å²) in [5, 5.41) is 0. The minimum absolute atomic E-state index is 0.812. The highest BCUT2D eigenvalue weighted by Gasteiger charge is 2.12. The summed E-state index contributed by atoms with van der Waals surface area (Å²) in [5.74, 6) is 1.71. The van der Waals surface area contributed by atoms with Gasteiger partial charge < -0.3 is 4.74 Å². The quantitative estimate of drug-likeness (QED) is 0.551. The van der Waals surface area contributed by atoms with E-state index in [1.165, 1.54) is 0 Å². The standard InChI is InChI=1S/C14H11NO/c1-10-5-4-6-11-9-15-12-7-2-3-8-13(12)16-14(10)11/h2-9H,1H3. The number of benzene rings is 2. The normalized spacial score (nSPS) is 12.3. The van der Waals surface area contributed by atoms with E-state index in [9.17, 15) is 0 Å². The largest absolute Gasteiger partial charge is 0.454 e. The maximum absolute atomic E-state index is 5.91. The predicted molar refractivity (Wildman–Crippen MR) is 64.9 cm³/mol. The maximum Gasteiger partial charge on any atom is 0.153 e. The number of hydrogen-bond acceptors (Lipinski definition) is 2. The third-order valence-electron chi connectivity index (χ3n) is 2.66. The van der Waals surface area contributed by atoms with E-state index in [0.29, 0.717) is 0 Å². The molecule has 2 nitrogen and oxygen atoms in total. The zero-order valence-electron chi connectivity index (χ0n) is 8.97. The number of aryl methyl sites for hydroxylation is 1. The van der Waals surface area contributed by atoms with Gasteiger partial charge in [0.25, 0.3) is 0 Å². The molecular weight excluding hydrogens is 198 g/mol. The van der Waals surface area contributed by atoms with Gasteiger partial charge in [-0.3, -0.25) is 4.99 Å². The zero-order valence-corrected chi connectivity index (χ0v) is 8.97. The average Bonchev–Trinajstić information content (AvgIpc) is 2.50. The molecule has 0 unspecified atom stereocenters. The number of aliphatic imine (C=N–C) groups is 1. The summed E-state index contributed by atoms with van der Waals surface area (Å²) in [5.41, 5.74) is 3.02. The van der Waals surface area contributed by atoms with Crippen LogP contribution in [0.2, 0.25) is 0 Å². The molecule has 0 atom stereocenters. The summed E-state index contributed by atoms with van der Waals surface area (Å²) < 4.78 is 5.91. The molecule has 0 saturated heterocycles. The number of para-hydroxylation sites is 3. The van der Waals surface area contributed by atoms with Crippen LogP contribution in [0.5, 0.6) is 11.5 Å². The van der Waals surface area contributed by atoms with Gasteiger partial charge in [0.15, 0.2) is 5.75 Å². The van der Waals surface area contributed by atoms with Gasteiger partial charge in [-0.15, -0.1) is 0 Å². The molecule has 0 bridgehead atoms. The SMILES string of the molecule is Cc1cccc2c1Oc1ccccc1N=C2. The predicted octanol–water partition coefficient (Wildman–Crippen LogP) is 3.85. The minimum atomic E-state index is 0.812. The van der Waals surface area contributed by atoms with Crippen LogP contribution in [0.4, 0.5) is 5.69 Å². The Hall–Kier alpha value is -2.09. The van der Waals surface area contributed by atoms with E-state index in [2.05, 4.69) is 4.99 Å². The van der Waals surface area contributed by atoms with E-state index in [-0.39, 0.29) is 0 Å². The molecule has 2 heteroatoms. The first-order chi connectivity index (χ1) is 7.84. The van der Waals surface area contributed by atoms with Gasteiger partial charge in [0.05, 0.1) is 0 Å². The highest BCUT2D eigenvalue weighted by Crippen LogP contribution is 2.36. The third-order valence-corrected chi connectivity index (χ3v) is 2.66. The van der Waals surface area contributed by atoms with Gasteiger partial charge >= 0.3 is 0 Å². The van der Waals surface area contributed by atoms with Crippen molar-refractivity contribution >= 4 is 11.9 Å². The summed E-state index contributed by atoms with van der Waals surface area (Å²) in [6, 6.07) is 13.9. The van der Waals surface area contributed by atoms with Crippen LogP contribution in [0, 0.1) is 6.92 Å². The Morgan fingerprint density at radius 1 is 1.00 bits per heavy atom. The zero-order chi connectivity index (χ0) is 11.0. The fraction of sp³-hybridized carbons (Fsp3) is 0.0714. The Morgan fingerprint density at radius 3 is 2.81 bits per heavy atom. The second-order valence-corrected chi connectivity index (χ2v) is 3.82. The van der Waals surface area contributed by atoms with Crippen LogP contribution >= 0.6 is 0 Å². The van der Waals surface area contributed by atoms with Crippen LogP contribution in [-0.4, -0.2) is 6.21 Å². The highest BCUT2D eigenvalue weighted by molar-refractivity contribution is 5.88. The van der Waals surface area contributed by atoms with Gasteiger partial charge in [-0.25, -0.2) is 0 Å². The molecule has 3 rings (SSSR count). The van der Waals surface area contributed by atoms with E-state index in [0.717, 1.165) is 28.3 Å². The van der Waals surface area contributed by atoms with Crippen molar-refractivity contribution in [1.29, 1.82) is 0 Å². The third kappa shape index (κ3) is 1.39. The Kier molecular flexibility index (Phi) is 2.00.